The monoisotopic (exact) mass is 418 g/mol. The van der Waals surface area contributed by atoms with Crippen LogP contribution in [0.3, 0.4) is 0 Å². The molecule has 0 spiro atoms. The minimum absolute atomic E-state index is 0.0997. The summed E-state index contributed by atoms with van der Waals surface area (Å²) in [6.45, 7) is 4.40. The third kappa shape index (κ3) is 4.77. The number of halogens is 2. The van der Waals surface area contributed by atoms with Crippen molar-refractivity contribution in [2.75, 3.05) is 44.3 Å². The van der Waals surface area contributed by atoms with Crippen LogP contribution in [0.1, 0.15) is 5.56 Å². The van der Waals surface area contributed by atoms with E-state index in [0.29, 0.717) is 29.6 Å². The molecule has 2 heterocycles. The van der Waals surface area contributed by atoms with Gasteiger partial charge in [0.05, 0.1) is 37.4 Å². The fourth-order valence-electron chi connectivity index (χ4n) is 3.43. The topological polar surface area (TPSA) is 46.9 Å². The Morgan fingerprint density at radius 3 is 2.69 bits per heavy atom. The number of quaternary nitrogens is 1. The lowest BCUT2D eigenvalue weighted by Gasteiger charge is -2.27. The van der Waals surface area contributed by atoms with Gasteiger partial charge in [0.15, 0.2) is 10.9 Å². The lowest BCUT2D eigenvalue weighted by atomic mass is 10.1. The van der Waals surface area contributed by atoms with Gasteiger partial charge in [-0.1, -0.05) is 41.7 Å². The normalized spacial score (nSPS) is 15.0. The van der Waals surface area contributed by atoms with E-state index in [2.05, 4.69) is 4.98 Å². The van der Waals surface area contributed by atoms with Gasteiger partial charge in [-0.05, 0) is 11.6 Å². The molecule has 5 nitrogen and oxygen atoms in total. The second-order valence-electron chi connectivity index (χ2n) is 7.05. The molecule has 1 aliphatic heterocycles. The number of nitrogens with one attached hydrogen (secondary N) is 1. The van der Waals surface area contributed by atoms with Gasteiger partial charge < -0.3 is 9.64 Å². The van der Waals surface area contributed by atoms with Crippen molar-refractivity contribution >= 4 is 32.6 Å². The highest BCUT2D eigenvalue weighted by Gasteiger charge is 2.24. The van der Waals surface area contributed by atoms with Crippen molar-refractivity contribution in [2.24, 2.45) is 0 Å². The van der Waals surface area contributed by atoms with Crippen LogP contribution in [0.4, 0.5) is 13.9 Å². The highest BCUT2D eigenvalue weighted by atomic mass is 32.1. The van der Waals surface area contributed by atoms with Crippen molar-refractivity contribution in [1.29, 1.82) is 0 Å². The molecular formula is C21H22F2N3O2S+. The van der Waals surface area contributed by atoms with Crippen LogP contribution in [0.15, 0.2) is 42.5 Å². The number of morpholine rings is 1. The smallest absolute Gasteiger partial charge is 0.233 e. The molecule has 3 aromatic rings. The van der Waals surface area contributed by atoms with E-state index in [4.69, 9.17) is 4.74 Å². The van der Waals surface area contributed by atoms with E-state index in [1.807, 2.05) is 30.3 Å². The molecule has 1 fully saturated rings. The van der Waals surface area contributed by atoms with Crippen LogP contribution in [0, 0.1) is 11.6 Å². The van der Waals surface area contributed by atoms with E-state index in [0.717, 1.165) is 42.6 Å². The van der Waals surface area contributed by atoms with E-state index in [9.17, 15) is 13.6 Å². The molecule has 152 valence electrons. The SMILES string of the molecule is O=C(Cc1ccccc1)N(CC[NH+]1CCOCC1)c1nc2c(F)cc(F)cc2s1. The standard InChI is InChI=1S/C21H21F2N3O2S/c22-16-13-17(23)20-18(14-16)29-21(24-20)26(7-6-25-8-10-28-11-9-25)19(27)12-15-4-2-1-3-5-15/h1-5,13-14H,6-12H2/p+1. The molecule has 1 saturated heterocycles. The summed E-state index contributed by atoms with van der Waals surface area (Å²) >= 11 is 1.14. The van der Waals surface area contributed by atoms with Crippen molar-refractivity contribution < 1.29 is 23.2 Å². The number of amides is 1. The average molecular weight is 418 g/mol. The molecule has 0 atom stereocenters. The molecule has 0 radical (unpaired) electrons. The zero-order chi connectivity index (χ0) is 20.2. The molecule has 4 rings (SSSR count). The first-order valence-corrected chi connectivity index (χ1v) is 10.4. The molecule has 2 aromatic carbocycles. The Hall–Kier alpha value is -2.42. The fourth-order valence-corrected chi connectivity index (χ4v) is 4.48. The Bertz CT molecular complexity index is 990. The number of ether oxygens (including phenoxy) is 1. The zero-order valence-corrected chi connectivity index (χ0v) is 16.7. The minimum Gasteiger partial charge on any atom is -0.370 e. The summed E-state index contributed by atoms with van der Waals surface area (Å²) in [4.78, 5) is 20.4. The van der Waals surface area contributed by atoms with Crippen LogP contribution in [-0.2, 0) is 16.0 Å². The number of nitrogens with zero attached hydrogens (tertiary/aromatic N) is 2. The molecule has 1 N–H and O–H groups in total. The van der Waals surface area contributed by atoms with Crippen molar-refractivity contribution in [3.8, 4) is 0 Å². The molecule has 0 bridgehead atoms. The van der Waals surface area contributed by atoms with E-state index < -0.39 is 11.6 Å². The van der Waals surface area contributed by atoms with E-state index in [-0.39, 0.29) is 17.8 Å². The molecule has 1 aromatic heterocycles. The number of carbonyl (C=O) groups excluding carboxylic acids is 1. The Balaban J connectivity index is 1.59. The number of anilines is 1. The number of thiazole rings is 1. The van der Waals surface area contributed by atoms with Crippen molar-refractivity contribution in [3.63, 3.8) is 0 Å². The molecule has 0 aliphatic carbocycles. The summed E-state index contributed by atoms with van der Waals surface area (Å²) in [5, 5.41) is 0.401. The highest BCUT2D eigenvalue weighted by Crippen LogP contribution is 2.31. The van der Waals surface area contributed by atoms with Gasteiger partial charge in [-0.2, -0.15) is 0 Å². The van der Waals surface area contributed by atoms with Gasteiger partial charge in [0.2, 0.25) is 5.91 Å². The Morgan fingerprint density at radius 2 is 1.93 bits per heavy atom. The maximum Gasteiger partial charge on any atom is 0.233 e. The number of fused-ring (bicyclic) bond motifs is 1. The van der Waals surface area contributed by atoms with Gasteiger partial charge in [-0.15, -0.1) is 0 Å². The lowest BCUT2D eigenvalue weighted by Crippen LogP contribution is -3.14. The lowest BCUT2D eigenvalue weighted by molar-refractivity contribution is -0.906. The molecule has 1 aliphatic rings. The van der Waals surface area contributed by atoms with Gasteiger partial charge in [0.25, 0.3) is 0 Å². The Labute approximate surface area is 171 Å². The van der Waals surface area contributed by atoms with Crippen LogP contribution in [0.2, 0.25) is 0 Å². The van der Waals surface area contributed by atoms with Gasteiger partial charge in [-0.25, -0.2) is 13.8 Å². The second-order valence-corrected chi connectivity index (χ2v) is 8.06. The first-order valence-electron chi connectivity index (χ1n) is 9.61. The summed E-state index contributed by atoms with van der Waals surface area (Å²) < 4.78 is 33.5. The van der Waals surface area contributed by atoms with Crippen LogP contribution in [-0.4, -0.2) is 50.3 Å². The van der Waals surface area contributed by atoms with Crippen LogP contribution in [0.5, 0.6) is 0 Å². The third-order valence-corrected chi connectivity index (χ3v) is 6.05. The molecule has 0 unspecified atom stereocenters. The van der Waals surface area contributed by atoms with Crippen molar-refractivity contribution in [1.82, 2.24) is 4.98 Å². The summed E-state index contributed by atoms with van der Waals surface area (Å²) in [6, 6.07) is 11.6. The number of hydrogen-bond donors (Lipinski definition) is 1. The van der Waals surface area contributed by atoms with Gasteiger partial charge in [0, 0.05) is 6.07 Å². The zero-order valence-electron chi connectivity index (χ0n) is 15.9. The van der Waals surface area contributed by atoms with Crippen molar-refractivity contribution in [2.45, 2.75) is 6.42 Å². The molecular weight excluding hydrogens is 396 g/mol. The number of rotatable bonds is 6. The molecule has 0 saturated carbocycles. The average Bonchev–Trinajstić information content (AvgIpc) is 3.13. The molecule has 29 heavy (non-hydrogen) atoms. The largest absolute Gasteiger partial charge is 0.370 e. The third-order valence-electron chi connectivity index (χ3n) is 5.02. The number of aromatic nitrogens is 1. The Kier molecular flexibility index (Phi) is 6.13. The summed E-state index contributed by atoms with van der Waals surface area (Å²) in [6.07, 6.45) is 0.228. The first kappa shape index (κ1) is 19.9. The van der Waals surface area contributed by atoms with E-state index in [1.165, 1.54) is 11.0 Å². The molecule has 1 amide bonds. The quantitative estimate of drug-likeness (QED) is 0.667. The first-order chi connectivity index (χ1) is 14.1. The van der Waals surface area contributed by atoms with Crippen LogP contribution in [0.25, 0.3) is 10.2 Å². The minimum atomic E-state index is -0.711. The highest BCUT2D eigenvalue weighted by molar-refractivity contribution is 7.22. The number of benzene rings is 2. The van der Waals surface area contributed by atoms with Crippen molar-refractivity contribution in [3.05, 3.63) is 59.7 Å². The van der Waals surface area contributed by atoms with Gasteiger partial charge in [-0.3, -0.25) is 9.69 Å². The maximum absolute atomic E-state index is 14.1. The fraction of sp³-hybridized carbons (Fsp3) is 0.333. The van der Waals surface area contributed by atoms with E-state index >= 15 is 0 Å². The predicted octanol–water partition coefficient (Wildman–Crippen LogP) is 2.07. The summed E-state index contributed by atoms with van der Waals surface area (Å²) in [7, 11) is 0. The predicted molar refractivity (Wildman–Crippen MR) is 108 cm³/mol. The van der Waals surface area contributed by atoms with Gasteiger partial charge >= 0.3 is 0 Å². The summed E-state index contributed by atoms with van der Waals surface area (Å²) in [5.74, 6) is -1.47. The van der Waals surface area contributed by atoms with E-state index in [1.54, 1.807) is 4.90 Å². The van der Waals surface area contributed by atoms with Crippen LogP contribution < -0.4 is 9.80 Å². The van der Waals surface area contributed by atoms with Gasteiger partial charge in [0.1, 0.15) is 24.4 Å². The molecule has 8 heteroatoms. The Morgan fingerprint density at radius 1 is 1.17 bits per heavy atom. The summed E-state index contributed by atoms with van der Waals surface area (Å²) in [5.41, 5.74) is 1.00. The number of hydrogen-bond acceptors (Lipinski definition) is 4. The second kappa shape index (κ2) is 8.94. The number of carbonyl (C=O) groups is 1. The van der Waals surface area contributed by atoms with Crippen LogP contribution >= 0.6 is 11.3 Å². The maximum atomic E-state index is 14.1.